The molecule has 0 spiro atoms. The number of nitrogens with one attached hydrogen (secondary N) is 1. The number of rotatable bonds is 4. The van der Waals surface area contributed by atoms with E-state index in [9.17, 15) is 23.4 Å². The molecule has 0 fully saturated rings. The summed E-state index contributed by atoms with van der Waals surface area (Å²) in [5, 5.41) is 29.3. The molecule has 0 bridgehead atoms. The highest BCUT2D eigenvalue weighted by Crippen LogP contribution is 2.41. The number of aliphatic hydroxyl groups is 1. The van der Waals surface area contributed by atoms with E-state index in [4.69, 9.17) is 16.7 Å². The molecule has 0 amide bonds. The molecule has 35 heavy (non-hydrogen) atoms. The van der Waals surface area contributed by atoms with Gasteiger partial charge < -0.3 is 15.5 Å². The average molecular weight is 498 g/mol. The van der Waals surface area contributed by atoms with Gasteiger partial charge >= 0.3 is 6.18 Å². The van der Waals surface area contributed by atoms with Crippen LogP contribution in [-0.4, -0.2) is 26.2 Å². The van der Waals surface area contributed by atoms with Crippen LogP contribution in [0.25, 0.3) is 16.8 Å². The number of halogens is 4. The van der Waals surface area contributed by atoms with Gasteiger partial charge in [0.15, 0.2) is 0 Å². The summed E-state index contributed by atoms with van der Waals surface area (Å²) in [7, 11) is 0. The number of phenolic OH excluding ortho intramolecular Hbond substituents is 1. The Hall–Kier alpha value is -3.75. The van der Waals surface area contributed by atoms with Crippen LogP contribution in [-0.2, 0) is 12.6 Å². The molecule has 0 saturated carbocycles. The van der Waals surface area contributed by atoms with Crippen molar-refractivity contribution in [3.63, 3.8) is 0 Å². The summed E-state index contributed by atoms with van der Waals surface area (Å²) >= 11 is 6.08. The smallest absolute Gasteiger partial charge is 0.416 e. The van der Waals surface area contributed by atoms with Gasteiger partial charge in [-0.15, -0.1) is 0 Å². The summed E-state index contributed by atoms with van der Waals surface area (Å²) in [6, 6.07) is 19.5. The van der Waals surface area contributed by atoms with E-state index >= 15 is 0 Å². The first kappa shape index (κ1) is 23.0. The quantitative estimate of drug-likeness (QED) is 0.316. The highest BCUT2D eigenvalue weighted by Gasteiger charge is 2.33. The number of aromatic hydroxyl groups is 1. The van der Waals surface area contributed by atoms with Gasteiger partial charge in [0.2, 0.25) is 0 Å². The third-order valence-corrected chi connectivity index (χ3v) is 5.99. The summed E-state index contributed by atoms with van der Waals surface area (Å²) in [6.45, 7) is 0. The van der Waals surface area contributed by atoms with E-state index in [0.717, 1.165) is 17.2 Å². The third-order valence-electron chi connectivity index (χ3n) is 5.73. The molecule has 0 saturated heterocycles. The minimum absolute atomic E-state index is 0.108. The summed E-state index contributed by atoms with van der Waals surface area (Å²) in [4.78, 5) is 0. The molecular weight excluding hydrogens is 479 g/mol. The number of aromatic nitrogens is 2. The van der Waals surface area contributed by atoms with E-state index in [2.05, 4.69) is 5.32 Å². The van der Waals surface area contributed by atoms with Crippen LogP contribution in [0.4, 0.5) is 19.0 Å². The predicted octanol–water partition coefficient (Wildman–Crippen LogP) is 6.15. The maximum absolute atomic E-state index is 13.1. The number of phenols is 1. The van der Waals surface area contributed by atoms with Crippen LogP contribution in [0.1, 0.15) is 22.4 Å². The van der Waals surface area contributed by atoms with Crippen molar-refractivity contribution < 1.29 is 23.4 Å². The molecule has 3 aromatic carbocycles. The van der Waals surface area contributed by atoms with Crippen molar-refractivity contribution in [2.24, 2.45) is 0 Å². The normalized spacial score (nSPS) is 15.3. The Kier molecular flexibility index (Phi) is 5.78. The Morgan fingerprint density at radius 3 is 2.37 bits per heavy atom. The van der Waals surface area contributed by atoms with Crippen LogP contribution in [0.3, 0.4) is 0 Å². The van der Waals surface area contributed by atoms with Gasteiger partial charge in [0.05, 0.1) is 17.0 Å². The number of benzene rings is 3. The van der Waals surface area contributed by atoms with Crippen molar-refractivity contribution in [3.8, 4) is 16.9 Å². The van der Waals surface area contributed by atoms with Gasteiger partial charge in [0.1, 0.15) is 17.8 Å². The van der Waals surface area contributed by atoms with Crippen LogP contribution >= 0.6 is 11.6 Å². The zero-order chi connectivity index (χ0) is 24.7. The zero-order valence-corrected chi connectivity index (χ0v) is 18.8. The molecule has 178 valence electrons. The molecule has 9 heteroatoms. The molecular formula is C26H19ClF3N3O2. The minimum atomic E-state index is -4.60. The molecule has 1 unspecified atom stereocenters. The van der Waals surface area contributed by atoms with Crippen molar-refractivity contribution in [1.29, 1.82) is 0 Å². The summed E-state index contributed by atoms with van der Waals surface area (Å²) < 4.78 is 40.9. The average Bonchev–Trinajstić information content (AvgIpc) is 3.17. The van der Waals surface area contributed by atoms with Gasteiger partial charge in [-0.25, -0.2) is 4.68 Å². The lowest BCUT2D eigenvalue weighted by atomic mass is 10.00. The monoisotopic (exact) mass is 497 g/mol. The topological polar surface area (TPSA) is 70.3 Å². The van der Waals surface area contributed by atoms with Crippen LogP contribution in [0.5, 0.6) is 5.75 Å². The summed E-state index contributed by atoms with van der Waals surface area (Å²) in [5.74, 6) is -0.123. The van der Waals surface area contributed by atoms with Crippen molar-refractivity contribution in [2.45, 2.75) is 18.8 Å². The number of aliphatic hydroxyl groups excluding tert-OH is 1. The SMILES string of the molecule is Oc1cc(C(F)(F)F)ccc1C1=CC(O)Nc2c(-c3ccc(Cl)cc3)c(Cc3ccccc3)nn21. The Balaban J connectivity index is 1.68. The number of anilines is 1. The minimum Gasteiger partial charge on any atom is -0.507 e. The molecule has 0 radical (unpaired) electrons. The molecule has 4 aromatic rings. The van der Waals surface area contributed by atoms with Crippen molar-refractivity contribution >= 4 is 23.1 Å². The van der Waals surface area contributed by atoms with E-state index in [1.807, 2.05) is 42.5 Å². The molecule has 0 aliphatic carbocycles. The maximum atomic E-state index is 13.1. The fourth-order valence-electron chi connectivity index (χ4n) is 4.13. The van der Waals surface area contributed by atoms with Crippen LogP contribution < -0.4 is 5.32 Å². The third kappa shape index (κ3) is 4.50. The number of fused-ring (bicyclic) bond motifs is 1. The van der Waals surface area contributed by atoms with E-state index in [1.165, 1.54) is 16.8 Å². The second-order valence-electron chi connectivity index (χ2n) is 8.12. The van der Waals surface area contributed by atoms with E-state index in [1.54, 1.807) is 12.1 Å². The molecule has 1 aromatic heterocycles. The first-order valence-corrected chi connectivity index (χ1v) is 11.1. The number of alkyl halides is 3. The largest absolute Gasteiger partial charge is 0.507 e. The van der Waals surface area contributed by atoms with Gasteiger partial charge in [-0.1, -0.05) is 54.1 Å². The molecule has 5 rings (SSSR count). The zero-order valence-electron chi connectivity index (χ0n) is 18.1. The summed E-state index contributed by atoms with van der Waals surface area (Å²) in [5.41, 5.74) is 2.57. The molecule has 1 atom stereocenters. The molecule has 1 aliphatic heterocycles. The molecule has 1 aliphatic rings. The lowest BCUT2D eigenvalue weighted by molar-refractivity contribution is -0.137. The lowest BCUT2D eigenvalue weighted by Crippen LogP contribution is -2.25. The fraction of sp³-hybridized carbons (Fsp3) is 0.115. The van der Waals surface area contributed by atoms with Crippen molar-refractivity contribution in [3.05, 3.63) is 106 Å². The first-order chi connectivity index (χ1) is 16.7. The number of hydrogen-bond donors (Lipinski definition) is 3. The van der Waals surface area contributed by atoms with Gasteiger partial charge in [-0.2, -0.15) is 18.3 Å². The van der Waals surface area contributed by atoms with Gasteiger partial charge in [0.25, 0.3) is 0 Å². The van der Waals surface area contributed by atoms with E-state index in [0.29, 0.717) is 34.6 Å². The summed E-state index contributed by atoms with van der Waals surface area (Å²) in [6.07, 6.45) is -3.91. The second kappa shape index (κ2) is 8.79. The Labute approximate surface area is 203 Å². The fourth-order valence-corrected chi connectivity index (χ4v) is 4.26. The number of hydrogen-bond acceptors (Lipinski definition) is 4. The van der Waals surface area contributed by atoms with Crippen molar-refractivity contribution in [1.82, 2.24) is 9.78 Å². The van der Waals surface area contributed by atoms with Crippen LogP contribution in [0, 0.1) is 0 Å². The van der Waals surface area contributed by atoms with Gasteiger partial charge in [0, 0.05) is 22.6 Å². The van der Waals surface area contributed by atoms with Gasteiger partial charge in [-0.3, -0.25) is 0 Å². The van der Waals surface area contributed by atoms with Gasteiger partial charge in [-0.05, 0) is 47.5 Å². The lowest BCUT2D eigenvalue weighted by Gasteiger charge is -2.23. The number of nitrogens with zero attached hydrogens (tertiary/aromatic N) is 2. The molecule has 3 N–H and O–H groups in total. The predicted molar refractivity (Wildman–Crippen MR) is 128 cm³/mol. The highest BCUT2D eigenvalue weighted by atomic mass is 35.5. The first-order valence-electron chi connectivity index (χ1n) is 10.7. The Morgan fingerprint density at radius 1 is 1.00 bits per heavy atom. The Bertz CT molecular complexity index is 1410. The highest BCUT2D eigenvalue weighted by molar-refractivity contribution is 6.30. The van der Waals surface area contributed by atoms with Crippen molar-refractivity contribution in [2.75, 3.05) is 5.32 Å². The molecule has 2 heterocycles. The molecule has 5 nitrogen and oxygen atoms in total. The van der Waals surface area contributed by atoms with Crippen LogP contribution in [0.15, 0.2) is 78.9 Å². The maximum Gasteiger partial charge on any atom is 0.416 e. The standard InChI is InChI=1S/C26H19ClF3N3O2/c27-18-9-6-16(7-10-18)24-20(12-15-4-2-1-3-5-15)32-33-21(14-23(35)31-25(24)33)19-11-8-17(13-22(19)34)26(28,29)30/h1-11,13-14,23,31,34-35H,12H2. The van der Waals surface area contributed by atoms with Crippen LogP contribution in [0.2, 0.25) is 5.02 Å². The van der Waals surface area contributed by atoms with E-state index in [-0.39, 0.29) is 11.3 Å². The second-order valence-corrected chi connectivity index (χ2v) is 8.56. The Morgan fingerprint density at radius 2 is 1.71 bits per heavy atom. The van der Waals surface area contributed by atoms with E-state index < -0.39 is 23.7 Å².